The zero-order valence-electron chi connectivity index (χ0n) is 16.7. The normalized spacial score (nSPS) is 29.5. The Labute approximate surface area is 176 Å². The first kappa shape index (κ1) is 20.2. The number of Topliss-reactive ketones (excluding diaryl/α,β-unsaturated/α-hetero) is 2. The molecule has 0 radical (unpaired) electrons. The van der Waals surface area contributed by atoms with E-state index in [1.54, 1.807) is 18.2 Å². The second-order valence-electron chi connectivity index (χ2n) is 8.28. The molecule has 1 saturated carbocycles. The van der Waals surface area contributed by atoms with Crippen LogP contribution in [0.25, 0.3) is 0 Å². The molecule has 2 aromatic rings. The minimum atomic E-state index is -4.48. The SMILES string of the molecule is CCc1ccc(Oc2ccc(C(F)(F)F)cn2)cc1C1C(=O)[C@@H]2[C@H](C1=O)[C@H]1CC[C@@H]2O1. The van der Waals surface area contributed by atoms with Gasteiger partial charge in [0.15, 0.2) is 11.6 Å². The van der Waals surface area contributed by atoms with Crippen molar-refractivity contribution in [2.24, 2.45) is 11.8 Å². The summed E-state index contributed by atoms with van der Waals surface area (Å²) < 4.78 is 49.6. The number of ketones is 2. The van der Waals surface area contributed by atoms with Crippen molar-refractivity contribution in [3.05, 3.63) is 53.2 Å². The van der Waals surface area contributed by atoms with Crippen LogP contribution < -0.4 is 4.74 Å². The lowest BCUT2D eigenvalue weighted by atomic mass is 9.81. The van der Waals surface area contributed by atoms with Crippen molar-refractivity contribution >= 4 is 11.6 Å². The Morgan fingerprint density at radius 2 is 1.74 bits per heavy atom. The van der Waals surface area contributed by atoms with Gasteiger partial charge in [0, 0.05) is 12.3 Å². The number of benzene rings is 1. The second-order valence-corrected chi connectivity index (χ2v) is 8.28. The molecule has 162 valence electrons. The molecule has 5 atom stereocenters. The van der Waals surface area contributed by atoms with E-state index in [-0.39, 0.29) is 41.5 Å². The van der Waals surface area contributed by atoms with E-state index in [9.17, 15) is 22.8 Å². The highest BCUT2D eigenvalue weighted by atomic mass is 19.4. The Morgan fingerprint density at radius 3 is 2.29 bits per heavy atom. The van der Waals surface area contributed by atoms with Gasteiger partial charge in [-0.25, -0.2) is 4.98 Å². The zero-order valence-corrected chi connectivity index (χ0v) is 16.7. The Balaban J connectivity index is 1.44. The summed E-state index contributed by atoms with van der Waals surface area (Å²) in [6.45, 7) is 1.94. The maximum Gasteiger partial charge on any atom is 0.417 e. The summed E-state index contributed by atoms with van der Waals surface area (Å²) in [5.41, 5.74) is 0.607. The lowest BCUT2D eigenvalue weighted by molar-refractivity contribution is -0.138. The van der Waals surface area contributed by atoms with Gasteiger partial charge in [0.25, 0.3) is 0 Å². The van der Waals surface area contributed by atoms with E-state index in [2.05, 4.69) is 4.98 Å². The molecule has 1 unspecified atom stereocenters. The van der Waals surface area contributed by atoms with Gasteiger partial charge in [-0.15, -0.1) is 0 Å². The Hall–Kier alpha value is -2.74. The highest BCUT2D eigenvalue weighted by Gasteiger charge is 2.63. The molecule has 2 bridgehead atoms. The molecule has 5 rings (SSSR count). The molecule has 1 aliphatic carbocycles. The third kappa shape index (κ3) is 3.24. The minimum absolute atomic E-state index is 0.00409. The summed E-state index contributed by atoms with van der Waals surface area (Å²) in [5.74, 6) is -1.47. The standard InChI is InChI=1S/C23H20F3NO4/c1-2-11-3-5-13(30-17-8-4-12(10-27-17)23(24,25)26)9-14(11)18-21(28)19-15-6-7-16(31-15)20(19)22(18)29/h3-5,8-10,15-16,18-20H,2,6-7H2,1H3/t15-,16+,18?,19-,20+. The maximum atomic E-state index is 13.2. The van der Waals surface area contributed by atoms with E-state index >= 15 is 0 Å². The van der Waals surface area contributed by atoms with Crippen LogP contribution in [0.1, 0.15) is 42.4 Å². The third-order valence-electron chi connectivity index (χ3n) is 6.59. The van der Waals surface area contributed by atoms with Crippen molar-refractivity contribution in [2.45, 2.75) is 50.5 Å². The van der Waals surface area contributed by atoms with Gasteiger partial charge in [-0.1, -0.05) is 13.0 Å². The van der Waals surface area contributed by atoms with Crippen LogP contribution in [0.15, 0.2) is 36.5 Å². The van der Waals surface area contributed by atoms with Crippen molar-refractivity contribution in [3.8, 4) is 11.6 Å². The molecule has 3 aliphatic rings. The number of nitrogens with zero attached hydrogens (tertiary/aromatic N) is 1. The number of fused-ring (bicyclic) bond motifs is 5. The summed E-state index contributed by atoms with van der Waals surface area (Å²) in [4.78, 5) is 30.1. The fourth-order valence-corrected chi connectivity index (χ4v) is 5.19. The van der Waals surface area contributed by atoms with Gasteiger partial charge in [0.1, 0.15) is 11.7 Å². The van der Waals surface area contributed by atoms with E-state index in [1.165, 1.54) is 0 Å². The number of alkyl halides is 3. The molecule has 3 fully saturated rings. The van der Waals surface area contributed by atoms with Gasteiger partial charge in [-0.3, -0.25) is 9.59 Å². The summed E-state index contributed by atoms with van der Waals surface area (Å²) in [6, 6.07) is 7.13. The number of hydrogen-bond donors (Lipinski definition) is 0. The average Bonchev–Trinajstić information content (AvgIpc) is 3.41. The molecule has 8 heteroatoms. The smallest absolute Gasteiger partial charge is 0.417 e. The van der Waals surface area contributed by atoms with E-state index in [1.807, 2.05) is 6.92 Å². The Morgan fingerprint density at radius 1 is 1.06 bits per heavy atom. The van der Waals surface area contributed by atoms with Crippen molar-refractivity contribution in [2.75, 3.05) is 0 Å². The topological polar surface area (TPSA) is 65.5 Å². The first-order chi connectivity index (χ1) is 14.8. The lowest BCUT2D eigenvalue weighted by Crippen LogP contribution is -2.29. The van der Waals surface area contributed by atoms with Crippen LogP contribution in [-0.2, 0) is 26.9 Å². The quantitative estimate of drug-likeness (QED) is 0.668. The average molecular weight is 431 g/mol. The second kappa shape index (κ2) is 7.15. The molecule has 2 saturated heterocycles. The predicted molar refractivity (Wildman–Crippen MR) is 103 cm³/mol. The zero-order chi connectivity index (χ0) is 21.9. The summed E-state index contributed by atoms with van der Waals surface area (Å²) in [7, 11) is 0. The summed E-state index contributed by atoms with van der Waals surface area (Å²) >= 11 is 0. The Bertz CT molecular complexity index is 1020. The van der Waals surface area contributed by atoms with Crippen LogP contribution >= 0.6 is 0 Å². The summed E-state index contributed by atoms with van der Waals surface area (Å²) in [6.07, 6.45) is -1.87. The van der Waals surface area contributed by atoms with Crippen molar-refractivity contribution in [3.63, 3.8) is 0 Å². The van der Waals surface area contributed by atoms with Crippen LogP contribution in [0, 0.1) is 11.8 Å². The molecule has 1 aromatic heterocycles. The predicted octanol–water partition coefficient (Wildman–Crippen LogP) is 4.48. The van der Waals surface area contributed by atoms with Gasteiger partial charge >= 0.3 is 6.18 Å². The third-order valence-corrected chi connectivity index (χ3v) is 6.59. The lowest BCUT2D eigenvalue weighted by Gasteiger charge is -2.17. The van der Waals surface area contributed by atoms with Gasteiger partial charge in [-0.05, 0) is 48.6 Å². The molecule has 0 amide bonds. The number of carbonyl (C=O) groups is 2. The fraction of sp³-hybridized carbons (Fsp3) is 0.435. The molecule has 3 heterocycles. The maximum absolute atomic E-state index is 13.2. The number of pyridine rings is 1. The van der Waals surface area contributed by atoms with E-state index in [0.717, 1.165) is 30.5 Å². The Kier molecular flexibility index (Phi) is 4.66. The van der Waals surface area contributed by atoms with Crippen LogP contribution in [0.5, 0.6) is 11.6 Å². The monoisotopic (exact) mass is 431 g/mol. The van der Waals surface area contributed by atoms with E-state index in [0.29, 0.717) is 23.9 Å². The summed E-state index contributed by atoms with van der Waals surface area (Å²) in [5, 5.41) is 0. The number of carbonyl (C=O) groups excluding carboxylic acids is 2. The van der Waals surface area contributed by atoms with Crippen molar-refractivity contribution in [1.29, 1.82) is 0 Å². The van der Waals surface area contributed by atoms with Gasteiger partial charge < -0.3 is 9.47 Å². The fourth-order valence-electron chi connectivity index (χ4n) is 5.19. The first-order valence-corrected chi connectivity index (χ1v) is 10.3. The van der Waals surface area contributed by atoms with Gasteiger partial charge in [0.05, 0.1) is 29.6 Å². The van der Waals surface area contributed by atoms with Gasteiger partial charge in [0.2, 0.25) is 5.88 Å². The number of halogens is 3. The molecular formula is C23H20F3NO4. The molecule has 0 N–H and O–H groups in total. The van der Waals surface area contributed by atoms with Crippen molar-refractivity contribution in [1.82, 2.24) is 4.98 Å². The molecule has 5 nitrogen and oxygen atoms in total. The number of hydrogen-bond acceptors (Lipinski definition) is 5. The van der Waals surface area contributed by atoms with Crippen LogP contribution in [0.3, 0.4) is 0 Å². The highest BCUT2D eigenvalue weighted by Crippen LogP contribution is 2.52. The minimum Gasteiger partial charge on any atom is -0.439 e. The van der Waals surface area contributed by atoms with Crippen LogP contribution in [0.2, 0.25) is 0 Å². The highest BCUT2D eigenvalue weighted by molar-refractivity contribution is 6.17. The van der Waals surface area contributed by atoms with E-state index in [4.69, 9.17) is 9.47 Å². The largest absolute Gasteiger partial charge is 0.439 e. The molecule has 1 aromatic carbocycles. The van der Waals surface area contributed by atoms with Gasteiger partial charge in [-0.2, -0.15) is 13.2 Å². The first-order valence-electron chi connectivity index (χ1n) is 10.3. The molecule has 31 heavy (non-hydrogen) atoms. The number of ether oxygens (including phenoxy) is 2. The van der Waals surface area contributed by atoms with E-state index < -0.39 is 17.7 Å². The molecule has 2 aliphatic heterocycles. The number of aryl methyl sites for hydroxylation is 1. The van der Waals surface area contributed by atoms with Crippen LogP contribution in [0.4, 0.5) is 13.2 Å². The van der Waals surface area contributed by atoms with Crippen LogP contribution in [-0.4, -0.2) is 28.8 Å². The molecule has 0 spiro atoms. The number of aromatic nitrogens is 1. The van der Waals surface area contributed by atoms with Crippen molar-refractivity contribution < 1.29 is 32.2 Å². The number of rotatable bonds is 4. The molecular weight excluding hydrogens is 411 g/mol.